The Labute approximate surface area is 212 Å². The largest absolute Gasteiger partial charge is 0.483 e. The summed E-state index contributed by atoms with van der Waals surface area (Å²) in [5, 5.41) is 5.84. The van der Waals surface area contributed by atoms with Gasteiger partial charge >= 0.3 is 0 Å². The number of carbonyl (C=O) groups is 2. The highest BCUT2D eigenvalue weighted by Crippen LogP contribution is 2.25. The van der Waals surface area contributed by atoms with Crippen molar-refractivity contribution in [2.24, 2.45) is 0 Å². The minimum absolute atomic E-state index is 0.0909. The lowest BCUT2D eigenvalue weighted by molar-refractivity contribution is -0.143. The fraction of sp³-hybridized carbons (Fsp3) is 0.379. The lowest BCUT2D eigenvalue weighted by Crippen LogP contribution is -2.52. The van der Waals surface area contributed by atoms with Crippen molar-refractivity contribution in [1.82, 2.24) is 10.2 Å². The Morgan fingerprint density at radius 2 is 1.71 bits per heavy atom. The zero-order valence-corrected chi connectivity index (χ0v) is 21.0. The molecular weight excluding hydrogens is 460 g/mol. The number of hydrogen-bond acceptors (Lipinski definition) is 3. The summed E-state index contributed by atoms with van der Waals surface area (Å²) >= 11 is 6.06. The van der Waals surface area contributed by atoms with Crippen LogP contribution in [0.25, 0.3) is 10.8 Å². The molecule has 35 heavy (non-hydrogen) atoms. The molecular formula is C29H33ClN2O3. The van der Waals surface area contributed by atoms with Crippen molar-refractivity contribution in [2.75, 3.05) is 6.61 Å². The number of hydrogen-bond donors (Lipinski definition) is 1. The number of carbonyl (C=O) groups excluding carboxylic acids is 2. The van der Waals surface area contributed by atoms with Crippen LogP contribution < -0.4 is 10.1 Å². The number of benzene rings is 3. The topological polar surface area (TPSA) is 58.6 Å². The van der Waals surface area contributed by atoms with E-state index in [-0.39, 0.29) is 24.5 Å². The van der Waals surface area contributed by atoms with E-state index in [2.05, 4.69) is 5.32 Å². The third-order valence-corrected chi connectivity index (χ3v) is 6.96. The molecule has 0 radical (unpaired) electrons. The summed E-state index contributed by atoms with van der Waals surface area (Å²) in [5.41, 5.74) is 0.914. The van der Waals surface area contributed by atoms with E-state index in [0.29, 0.717) is 23.7 Å². The zero-order chi connectivity index (χ0) is 24.6. The van der Waals surface area contributed by atoms with Crippen LogP contribution in [0, 0.1) is 0 Å². The second-order valence-corrected chi connectivity index (χ2v) is 9.62. The summed E-state index contributed by atoms with van der Waals surface area (Å²) < 4.78 is 6.00. The van der Waals surface area contributed by atoms with Crippen LogP contribution in [0.5, 0.6) is 5.75 Å². The van der Waals surface area contributed by atoms with Crippen molar-refractivity contribution in [2.45, 2.75) is 64.1 Å². The Morgan fingerprint density at radius 1 is 1.00 bits per heavy atom. The van der Waals surface area contributed by atoms with Gasteiger partial charge in [0.1, 0.15) is 11.8 Å². The van der Waals surface area contributed by atoms with Crippen molar-refractivity contribution in [3.8, 4) is 5.75 Å². The lowest BCUT2D eigenvalue weighted by atomic mass is 9.95. The number of rotatable bonds is 9. The van der Waals surface area contributed by atoms with E-state index >= 15 is 0 Å². The van der Waals surface area contributed by atoms with Crippen molar-refractivity contribution in [3.63, 3.8) is 0 Å². The molecule has 0 unspecified atom stereocenters. The molecule has 4 rings (SSSR count). The van der Waals surface area contributed by atoms with Crippen LogP contribution in [-0.4, -0.2) is 35.4 Å². The molecule has 1 aliphatic carbocycles. The monoisotopic (exact) mass is 492 g/mol. The van der Waals surface area contributed by atoms with Gasteiger partial charge in [0.25, 0.3) is 5.91 Å². The Bertz CT molecular complexity index is 1140. The minimum atomic E-state index is -0.573. The van der Waals surface area contributed by atoms with Gasteiger partial charge in [0.05, 0.1) is 0 Å². The molecule has 0 bridgehead atoms. The molecule has 1 N–H and O–H groups in total. The first-order valence-electron chi connectivity index (χ1n) is 12.5. The van der Waals surface area contributed by atoms with Crippen LogP contribution >= 0.6 is 11.6 Å². The van der Waals surface area contributed by atoms with Gasteiger partial charge in [0, 0.05) is 23.0 Å². The molecule has 0 heterocycles. The van der Waals surface area contributed by atoms with E-state index in [0.717, 1.165) is 42.0 Å². The lowest BCUT2D eigenvalue weighted by Gasteiger charge is -2.32. The smallest absolute Gasteiger partial charge is 0.261 e. The average Bonchev–Trinajstić information content (AvgIpc) is 2.89. The quantitative estimate of drug-likeness (QED) is 0.391. The van der Waals surface area contributed by atoms with E-state index in [4.69, 9.17) is 16.3 Å². The number of halogens is 1. The fourth-order valence-corrected chi connectivity index (χ4v) is 4.92. The SMILES string of the molecule is CC[C@H](C(=O)NC1CCCCC1)N(Cc1ccc(Cl)cc1)C(=O)COc1cccc2ccccc12. The van der Waals surface area contributed by atoms with E-state index in [1.54, 1.807) is 17.0 Å². The summed E-state index contributed by atoms with van der Waals surface area (Å²) in [6.45, 7) is 2.11. The standard InChI is InChI=1S/C29H33ClN2O3/c1-2-26(29(34)31-24-11-4-3-5-12-24)32(19-21-15-17-23(30)18-16-21)28(33)20-35-27-14-8-10-22-9-6-7-13-25(22)27/h6-10,13-18,24,26H,2-5,11-12,19-20H2,1H3,(H,31,34)/t26-/m1/s1. The van der Waals surface area contributed by atoms with E-state index in [1.807, 2.05) is 61.5 Å². The molecule has 1 fully saturated rings. The first kappa shape index (κ1) is 25.1. The maximum absolute atomic E-state index is 13.5. The minimum Gasteiger partial charge on any atom is -0.483 e. The highest BCUT2D eigenvalue weighted by molar-refractivity contribution is 6.30. The molecule has 5 nitrogen and oxygen atoms in total. The molecule has 2 amide bonds. The predicted octanol–water partition coefficient (Wildman–Crippen LogP) is 6.13. The predicted molar refractivity (Wildman–Crippen MR) is 141 cm³/mol. The van der Waals surface area contributed by atoms with Crippen LogP contribution in [0.15, 0.2) is 66.7 Å². The second-order valence-electron chi connectivity index (χ2n) is 9.18. The van der Waals surface area contributed by atoms with Gasteiger partial charge in [0.2, 0.25) is 5.91 Å². The summed E-state index contributed by atoms with van der Waals surface area (Å²) in [4.78, 5) is 28.5. The Morgan fingerprint density at radius 3 is 2.46 bits per heavy atom. The van der Waals surface area contributed by atoms with Gasteiger partial charge in [-0.15, -0.1) is 0 Å². The number of amides is 2. The van der Waals surface area contributed by atoms with Gasteiger partial charge in [-0.25, -0.2) is 0 Å². The first-order valence-corrected chi connectivity index (χ1v) is 12.9. The van der Waals surface area contributed by atoms with Gasteiger partial charge in [0.15, 0.2) is 6.61 Å². The molecule has 1 aliphatic rings. The highest BCUT2D eigenvalue weighted by Gasteiger charge is 2.30. The van der Waals surface area contributed by atoms with E-state index in [9.17, 15) is 9.59 Å². The number of nitrogens with zero attached hydrogens (tertiary/aromatic N) is 1. The molecule has 0 aliphatic heterocycles. The van der Waals surface area contributed by atoms with Gasteiger partial charge in [-0.05, 0) is 48.4 Å². The van der Waals surface area contributed by atoms with Crippen LogP contribution in [0.4, 0.5) is 0 Å². The summed E-state index contributed by atoms with van der Waals surface area (Å²) in [5.74, 6) is 0.341. The molecule has 0 saturated heterocycles. The molecule has 184 valence electrons. The molecule has 0 spiro atoms. The van der Waals surface area contributed by atoms with E-state index in [1.165, 1.54) is 6.42 Å². The number of nitrogens with one attached hydrogen (secondary N) is 1. The molecule has 1 atom stereocenters. The zero-order valence-electron chi connectivity index (χ0n) is 20.2. The van der Waals surface area contributed by atoms with Gasteiger partial charge in [-0.1, -0.05) is 86.3 Å². The molecule has 6 heteroatoms. The van der Waals surface area contributed by atoms with Gasteiger partial charge < -0.3 is 15.0 Å². The Balaban J connectivity index is 1.52. The highest BCUT2D eigenvalue weighted by atomic mass is 35.5. The molecule has 1 saturated carbocycles. The average molecular weight is 493 g/mol. The van der Waals surface area contributed by atoms with Crippen LogP contribution in [0.1, 0.15) is 51.0 Å². The van der Waals surface area contributed by atoms with E-state index < -0.39 is 6.04 Å². The fourth-order valence-electron chi connectivity index (χ4n) is 4.79. The summed E-state index contributed by atoms with van der Waals surface area (Å²) in [6.07, 6.45) is 6.00. The summed E-state index contributed by atoms with van der Waals surface area (Å²) in [6, 6.07) is 20.7. The van der Waals surface area contributed by atoms with Crippen LogP contribution in [0.3, 0.4) is 0 Å². The van der Waals surface area contributed by atoms with Crippen molar-refractivity contribution in [1.29, 1.82) is 0 Å². The summed E-state index contributed by atoms with van der Waals surface area (Å²) in [7, 11) is 0. The molecule has 0 aromatic heterocycles. The number of fused-ring (bicyclic) bond motifs is 1. The van der Waals surface area contributed by atoms with Crippen LogP contribution in [-0.2, 0) is 16.1 Å². The Hall–Kier alpha value is -3.05. The van der Waals surface area contributed by atoms with Crippen molar-refractivity contribution < 1.29 is 14.3 Å². The van der Waals surface area contributed by atoms with Crippen molar-refractivity contribution in [3.05, 3.63) is 77.3 Å². The molecule has 3 aromatic rings. The van der Waals surface area contributed by atoms with Crippen LogP contribution in [0.2, 0.25) is 5.02 Å². The second kappa shape index (κ2) is 12.1. The van der Waals surface area contributed by atoms with Gasteiger partial charge in [-0.2, -0.15) is 0 Å². The normalized spacial score (nSPS) is 14.9. The maximum atomic E-state index is 13.5. The Kier molecular flexibility index (Phi) is 8.64. The number of ether oxygens (including phenoxy) is 1. The maximum Gasteiger partial charge on any atom is 0.261 e. The first-order chi connectivity index (χ1) is 17.0. The van der Waals surface area contributed by atoms with Crippen molar-refractivity contribution >= 4 is 34.2 Å². The third kappa shape index (κ3) is 6.55. The third-order valence-electron chi connectivity index (χ3n) is 6.70. The molecule has 3 aromatic carbocycles. The van der Waals surface area contributed by atoms with Gasteiger partial charge in [-0.3, -0.25) is 9.59 Å².